The summed E-state index contributed by atoms with van der Waals surface area (Å²) < 4.78 is 5.43. The molecule has 1 saturated heterocycles. The van der Waals surface area contributed by atoms with Crippen LogP contribution in [0.15, 0.2) is 24.8 Å². The number of hydrogen-bond acceptors (Lipinski definition) is 5. The van der Waals surface area contributed by atoms with Crippen LogP contribution in [0.25, 0.3) is 11.3 Å². The van der Waals surface area contributed by atoms with E-state index in [4.69, 9.17) is 4.74 Å². The Morgan fingerprint density at radius 2 is 2.17 bits per heavy atom. The van der Waals surface area contributed by atoms with E-state index in [1.165, 1.54) is 0 Å². The molecule has 3 rings (SSSR count). The molecule has 24 heavy (non-hydrogen) atoms. The lowest BCUT2D eigenvalue weighted by Crippen LogP contribution is -2.35. The van der Waals surface area contributed by atoms with Crippen molar-refractivity contribution in [3.63, 3.8) is 0 Å². The van der Waals surface area contributed by atoms with Gasteiger partial charge < -0.3 is 9.64 Å². The van der Waals surface area contributed by atoms with Crippen LogP contribution in [0, 0.1) is 5.92 Å². The second-order valence-corrected chi connectivity index (χ2v) is 7.17. The summed E-state index contributed by atoms with van der Waals surface area (Å²) in [4.78, 5) is 22.8. The molecule has 1 fully saturated rings. The van der Waals surface area contributed by atoms with E-state index >= 15 is 0 Å². The van der Waals surface area contributed by atoms with Crippen LogP contribution in [0.5, 0.6) is 0 Å². The molecule has 128 valence electrons. The van der Waals surface area contributed by atoms with Gasteiger partial charge >= 0.3 is 6.09 Å². The number of carbonyl (C=O) groups is 1. The number of likely N-dealkylation sites (tertiary alicyclic amines) is 1. The van der Waals surface area contributed by atoms with Crippen LogP contribution in [0.3, 0.4) is 0 Å². The lowest BCUT2D eigenvalue weighted by Gasteiger charge is -2.24. The second-order valence-electron chi connectivity index (χ2n) is 7.17. The molecule has 0 bridgehead atoms. The molecule has 0 spiro atoms. The van der Waals surface area contributed by atoms with Gasteiger partial charge in [-0.1, -0.05) is 0 Å². The molecule has 1 aliphatic rings. The van der Waals surface area contributed by atoms with Crippen LogP contribution in [0.1, 0.15) is 32.9 Å². The van der Waals surface area contributed by atoms with Gasteiger partial charge in [-0.3, -0.25) is 15.1 Å². The molecule has 0 aromatic carbocycles. The zero-order valence-electron chi connectivity index (χ0n) is 14.3. The fourth-order valence-electron chi connectivity index (χ4n) is 2.79. The number of hydrogen-bond donors (Lipinski definition) is 1. The first kappa shape index (κ1) is 16.4. The number of amides is 1. The molecular weight excluding hydrogens is 306 g/mol. The normalized spacial score (nSPS) is 18.0. The van der Waals surface area contributed by atoms with Gasteiger partial charge in [-0.15, -0.1) is 0 Å². The van der Waals surface area contributed by atoms with Crippen LogP contribution >= 0.6 is 0 Å². The summed E-state index contributed by atoms with van der Waals surface area (Å²) in [6.07, 6.45) is 8.63. The fraction of sp³-hybridized carbons (Fsp3) is 0.529. The molecule has 2 aromatic rings. The molecule has 2 aromatic heterocycles. The number of carbonyl (C=O) groups excluding carboxylic acids is 1. The van der Waals surface area contributed by atoms with E-state index in [1.54, 1.807) is 29.7 Å². The van der Waals surface area contributed by atoms with Crippen LogP contribution in [0.4, 0.5) is 4.79 Å². The molecule has 3 heterocycles. The van der Waals surface area contributed by atoms with E-state index < -0.39 is 5.60 Å². The third kappa shape index (κ3) is 4.10. The van der Waals surface area contributed by atoms with Crippen molar-refractivity contribution < 1.29 is 9.53 Å². The highest BCUT2D eigenvalue weighted by molar-refractivity contribution is 5.68. The highest BCUT2D eigenvalue weighted by Gasteiger charge is 2.30. The minimum absolute atomic E-state index is 0.230. The van der Waals surface area contributed by atoms with E-state index in [1.807, 2.05) is 20.8 Å². The largest absolute Gasteiger partial charge is 0.444 e. The minimum atomic E-state index is -0.455. The third-order valence-electron chi connectivity index (χ3n) is 3.93. The van der Waals surface area contributed by atoms with Crippen LogP contribution in [0.2, 0.25) is 0 Å². The Bertz CT molecular complexity index is 676. The van der Waals surface area contributed by atoms with E-state index in [2.05, 4.69) is 20.2 Å². The first-order chi connectivity index (χ1) is 11.4. The van der Waals surface area contributed by atoms with Gasteiger partial charge in [-0.2, -0.15) is 5.10 Å². The minimum Gasteiger partial charge on any atom is -0.444 e. The number of H-pyrrole nitrogens is 1. The maximum Gasteiger partial charge on any atom is 0.410 e. The number of rotatable bonds is 3. The highest BCUT2D eigenvalue weighted by Crippen LogP contribution is 2.22. The van der Waals surface area contributed by atoms with Gasteiger partial charge in [0, 0.05) is 31.0 Å². The van der Waals surface area contributed by atoms with Crippen molar-refractivity contribution >= 4 is 6.09 Å². The van der Waals surface area contributed by atoms with Gasteiger partial charge in [0.2, 0.25) is 0 Å². The van der Waals surface area contributed by atoms with Gasteiger partial charge in [-0.05, 0) is 39.5 Å². The number of nitrogens with zero attached hydrogens (tertiary/aromatic N) is 4. The van der Waals surface area contributed by atoms with E-state index in [0.29, 0.717) is 12.5 Å². The number of ether oxygens (including phenoxy) is 1. The van der Waals surface area contributed by atoms with Crippen molar-refractivity contribution in [1.82, 2.24) is 25.1 Å². The molecule has 1 unspecified atom stereocenters. The molecule has 0 radical (unpaired) electrons. The maximum atomic E-state index is 12.1. The summed E-state index contributed by atoms with van der Waals surface area (Å²) in [5.74, 6) is 0.395. The summed E-state index contributed by atoms with van der Waals surface area (Å²) in [5, 5.41) is 6.68. The SMILES string of the molecule is CC(C)(C)OC(=O)N1CCC(Cc2cnc(-c3cn[nH]c3)cn2)C1. The Hall–Kier alpha value is -2.44. The van der Waals surface area contributed by atoms with Crippen LogP contribution in [-0.2, 0) is 11.2 Å². The Labute approximate surface area is 141 Å². The molecule has 1 atom stereocenters. The lowest BCUT2D eigenvalue weighted by molar-refractivity contribution is 0.0288. The number of nitrogens with one attached hydrogen (secondary N) is 1. The quantitative estimate of drug-likeness (QED) is 0.936. The Balaban J connectivity index is 1.55. The summed E-state index contributed by atoms with van der Waals surface area (Å²) in [6.45, 7) is 7.10. The topological polar surface area (TPSA) is 84.0 Å². The molecule has 7 nitrogen and oxygen atoms in total. The Kier molecular flexibility index (Phi) is 4.51. The highest BCUT2D eigenvalue weighted by atomic mass is 16.6. The van der Waals surface area contributed by atoms with Gasteiger partial charge in [0.1, 0.15) is 5.60 Å². The Morgan fingerprint density at radius 1 is 1.33 bits per heavy atom. The fourth-order valence-corrected chi connectivity index (χ4v) is 2.79. The first-order valence-corrected chi connectivity index (χ1v) is 8.19. The molecule has 7 heteroatoms. The van der Waals surface area contributed by atoms with Crippen molar-refractivity contribution in [1.29, 1.82) is 0 Å². The summed E-state index contributed by atoms with van der Waals surface area (Å²) in [7, 11) is 0. The lowest BCUT2D eigenvalue weighted by atomic mass is 10.0. The standard InChI is InChI=1S/C17H23N5O2/c1-17(2,3)24-16(23)22-5-4-12(11-22)6-14-9-19-15(10-18-14)13-7-20-21-8-13/h7-10,12H,4-6,11H2,1-3H3,(H,20,21). The zero-order chi connectivity index (χ0) is 17.2. The van der Waals surface area contributed by atoms with Gasteiger partial charge in [0.25, 0.3) is 0 Å². The Morgan fingerprint density at radius 3 is 2.79 bits per heavy atom. The molecule has 0 saturated carbocycles. The average molecular weight is 329 g/mol. The van der Waals surface area contributed by atoms with Crippen molar-refractivity contribution in [2.75, 3.05) is 13.1 Å². The van der Waals surface area contributed by atoms with Gasteiger partial charge in [-0.25, -0.2) is 4.79 Å². The maximum absolute atomic E-state index is 12.1. The van der Waals surface area contributed by atoms with Gasteiger partial charge in [0.05, 0.1) is 23.8 Å². The van der Waals surface area contributed by atoms with Crippen LogP contribution in [-0.4, -0.2) is 49.8 Å². The second kappa shape index (κ2) is 6.59. The van der Waals surface area contributed by atoms with E-state index in [9.17, 15) is 4.79 Å². The van der Waals surface area contributed by atoms with Crippen molar-refractivity contribution in [2.24, 2.45) is 5.92 Å². The van der Waals surface area contributed by atoms with Crippen molar-refractivity contribution in [3.8, 4) is 11.3 Å². The van der Waals surface area contributed by atoms with Gasteiger partial charge in [0.15, 0.2) is 0 Å². The smallest absolute Gasteiger partial charge is 0.410 e. The number of aromatic amines is 1. The molecular formula is C17H23N5O2. The summed E-state index contributed by atoms with van der Waals surface area (Å²) >= 11 is 0. The molecule has 1 aliphatic heterocycles. The summed E-state index contributed by atoms with van der Waals surface area (Å²) in [6, 6.07) is 0. The third-order valence-corrected chi connectivity index (χ3v) is 3.93. The van der Waals surface area contributed by atoms with Crippen molar-refractivity contribution in [2.45, 2.75) is 39.2 Å². The predicted molar refractivity (Wildman–Crippen MR) is 89.2 cm³/mol. The molecule has 0 aliphatic carbocycles. The molecule has 1 N–H and O–H groups in total. The number of aromatic nitrogens is 4. The monoisotopic (exact) mass is 329 g/mol. The summed E-state index contributed by atoms with van der Waals surface area (Å²) in [5.41, 5.74) is 2.21. The predicted octanol–water partition coefficient (Wildman–Crippen LogP) is 2.67. The molecule has 1 amide bonds. The first-order valence-electron chi connectivity index (χ1n) is 8.19. The van der Waals surface area contributed by atoms with E-state index in [-0.39, 0.29) is 6.09 Å². The average Bonchev–Trinajstić information content (AvgIpc) is 3.17. The van der Waals surface area contributed by atoms with Crippen molar-refractivity contribution in [3.05, 3.63) is 30.5 Å². The van der Waals surface area contributed by atoms with E-state index in [0.717, 1.165) is 36.3 Å². The zero-order valence-corrected chi connectivity index (χ0v) is 14.3. The van der Waals surface area contributed by atoms with Crippen LogP contribution < -0.4 is 0 Å².